The van der Waals surface area contributed by atoms with Crippen molar-refractivity contribution in [3.8, 4) is 11.1 Å². The number of ether oxygens (including phenoxy) is 1. The maximum absolute atomic E-state index is 14.0. The lowest BCUT2D eigenvalue weighted by Crippen LogP contribution is -1.99. The minimum atomic E-state index is -0.925. The number of rotatable bonds is 4. The van der Waals surface area contributed by atoms with Crippen molar-refractivity contribution < 1.29 is 14.1 Å². The SMILES string of the molecule is COCc1cn2ncnc(N)c2c1-c1ccc([N+](=O)[O-])c(F)c1. The number of nitro groups is 1. The smallest absolute Gasteiger partial charge is 0.304 e. The van der Waals surface area contributed by atoms with Crippen LogP contribution in [0.15, 0.2) is 30.7 Å². The van der Waals surface area contributed by atoms with Crippen LogP contribution in [0.3, 0.4) is 0 Å². The molecule has 0 aliphatic rings. The van der Waals surface area contributed by atoms with Crippen molar-refractivity contribution in [1.82, 2.24) is 14.6 Å². The molecule has 0 fully saturated rings. The van der Waals surface area contributed by atoms with E-state index in [2.05, 4.69) is 10.1 Å². The minimum absolute atomic E-state index is 0.219. The van der Waals surface area contributed by atoms with Gasteiger partial charge in [-0.15, -0.1) is 0 Å². The minimum Gasteiger partial charge on any atom is -0.382 e. The Hall–Kier alpha value is -3.07. The zero-order valence-electron chi connectivity index (χ0n) is 12.1. The van der Waals surface area contributed by atoms with E-state index in [1.165, 1.54) is 24.0 Å². The van der Waals surface area contributed by atoms with Crippen molar-refractivity contribution in [3.63, 3.8) is 0 Å². The molecule has 2 N–H and O–H groups in total. The Morgan fingerprint density at radius 2 is 2.26 bits per heavy atom. The summed E-state index contributed by atoms with van der Waals surface area (Å²) in [5, 5.41) is 14.8. The number of benzene rings is 1. The van der Waals surface area contributed by atoms with Crippen molar-refractivity contribution in [2.45, 2.75) is 6.61 Å². The van der Waals surface area contributed by atoms with Crippen LogP contribution in [-0.2, 0) is 11.3 Å². The quantitative estimate of drug-likeness (QED) is 0.583. The van der Waals surface area contributed by atoms with Crippen LogP contribution in [-0.4, -0.2) is 26.6 Å². The molecule has 3 rings (SSSR count). The Labute approximate surface area is 129 Å². The molecular formula is C14H12FN5O3. The molecule has 0 amide bonds. The summed E-state index contributed by atoms with van der Waals surface area (Å²) in [4.78, 5) is 13.9. The van der Waals surface area contributed by atoms with Crippen molar-refractivity contribution in [2.75, 3.05) is 12.8 Å². The van der Waals surface area contributed by atoms with Gasteiger partial charge >= 0.3 is 5.69 Å². The molecular weight excluding hydrogens is 305 g/mol. The highest BCUT2D eigenvalue weighted by Gasteiger charge is 2.20. The number of anilines is 1. The number of halogens is 1. The molecule has 23 heavy (non-hydrogen) atoms. The second-order valence-corrected chi connectivity index (χ2v) is 4.82. The molecule has 0 bridgehead atoms. The standard InChI is InChI=1S/C14H12FN5O3/c1-23-6-9-5-19-13(14(16)17-7-18-19)12(9)8-2-3-11(20(21)22)10(15)4-8/h2-5,7H,6H2,1H3,(H2,16,17,18). The van der Waals surface area contributed by atoms with Gasteiger partial charge < -0.3 is 10.5 Å². The number of nitrogens with two attached hydrogens (primary N) is 1. The Morgan fingerprint density at radius 3 is 2.91 bits per heavy atom. The highest BCUT2D eigenvalue weighted by Crippen LogP contribution is 2.34. The number of nitro benzene ring substituents is 1. The lowest BCUT2D eigenvalue weighted by Gasteiger charge is -2.06. The summed E-state index contributed by atoms with van der Waals surface area (Å²) >= 11 is 0. The zero-order valence-corrected chi connectivity index (χ0v) is 12.1. The largest absolute Gasteiger partial charge is 0.382 e. The van der Waals surface area contributed by atoms with Crippen LogP contribution < -0.4 is 5.73 Å². The molecule has 2 aromatic heterocycles. The van der Waals surface area contributed by atoms with Gasteiger partial charge in [0, 0.05) is 30.5 Å². The molecule has 9 heteroatoms. The second kappa shape index (κ2) is 5.61. The van der Waals surface area contributed by atoms with E-state index in [1.807, 2.05) is 0 Å². The van der Waals surface area contributed by atoms with Gasteiger partial charge in [-0.1, -0.05) is 0 Å². The summed E-state index contributed by atoms with van der Waals surface area (Å²) in [6.45, 7) is 0.247. The predicted octanol–water partition coefficient (Wildman–Crippen LogP) is 2.17. The van der Waals surface area contributed by atoms with Crippen molar-refractivity contribution in [3.05, 3.63) is 52.2 Å². The Bertz CT molecular complexity index is 909. The number of fused-ring (bicyclic) bond motifs is 1. The molecule has 0 aliphatic heterocycles. The molecule has 0 saturated heterocycles. The van der Waals surface area contributed by atoms with Gasteiger partial charge in [-0.05, 0) is 17.7 Å². The van der Waals surface area contributed by atoms with E-state index in [0.29, 0.717) is 22.2 Å². The Kier molecular flexibility index (Phi) is 3.62. The summed E-state index contributed by atoms with van der Waals surface area (Å²) < 4.78 is 20.6. The summed E-state index contributed by atoms with van der Waals surface area (Å²) in [6.07, 6.45) is 3.00. The van der Waals surface area contributed by atoms with Crippen molar-refractivity contribution in [2.24, 2.45) is 0 Å². The lowest BCUT2D eigenvalue weighted by molar-refractivity contribution is -0.387. The van der Waals surface area contributed by atoms with Crippen LogP contribution in [0.1, 0.15) is 5.56 Å². The average molecular weight is 317 g/mol. The van der Waals surface area contributed by atoms with Gasteiger partial charge in [0.1, 0.15) is 11.8 Å². The number of aromatic nitrogens is 3. The van der Waals surface area contributed by atoms with Gasteiger partial charge in [-0.2, -0.15) is 9.49 Å². The van der Waals surface area contributed by atoms with E-state index < -0.39 is 16.4 Å². The lowest BCUT2D eigenvalue weighted by atomic mass is 10.0. The molecule has 0 radical (unpaired) electrons. The highest BCUT2D eigenvalue weighted by molar-refractivity contribution is 5.90. The molecule has 0 unspecified atom stereocenters. The molecule has 3 aromatic rings. The third-order valence-electron chi connectivity index (χ3n) is 3.41. The molecule has 1 aromatic carbocycles. The number of methoxy groups -OCH3 is 1. The first-order chi connectivity index (χ1) is 11.0. The normalized spacial score (nSPS) is 11.0. The highest BCUT2D eigenvalue weighted by atomic mass is 19.1. The van der Waals surface area contributed by atoms with Gasteiger partial charge in [0.15, 0.2) is 5.82 Å². The summed E-state index contributed by atoms with van der Waals surface area (Å²) in [5.41, 5.74) is 7.54. The predicted molar refractivity (Wildman–Crippen MR) is 80.2 cm³/mol. The van der Waals surface area contributed by atoms with E-state index in [0.717, 1.165) is 12.1 Å². The third kappa shape index (κ3) is 2.46. The van der Waals surface area contributed by atoms with E-state index in [9.17, 15) is 14.5 Å². The number of hydrogen-bond acceptors (Lipinski definition) is 6. The maximum Gasteiger partial charge on any atom is 0.304 e. The molecule has 0 atom stereocenters. The zero-order chi connectivity index (χ0) is 16.6. The topological polar surface area (TPSA) is 109 Å². The fourth-order valence-electron chi connectivity index (χ4n) is 2.48. The molecule has 118 valence electrons. The first kappa shape index (κ1) is 14.9. The molecule has 0 spiro atoms. The van der Waals surface area contributed by atoms with E-state index in [-0.39, 0.29) is 12.4 Å². The van der Waals surface area contributed by atoms with Crippen LogP contribution in [0.5, 0.6) is 0 Å². The third-order valence-corrected chi connectivity index (χ3v) is 3.41. The number of hydrogen-bond donors (Lipinski definition) is 1. The Balaban J connectivity index is 2.28. The van der Waals surface area contributed by atoms with Crippen LogP contribution in [0.25, 0.3) is 16.6 Å². The summed E-state index contributed by atoms with van der Waals surface area (Å²) in [5.74, 6) is -0.707. The first-order valence-electron chi connectivity index (χ1n) is 6.57. The van der Waals surface area contributed by atoms with E-state index in [1.54, 1.807) is 6.20 Å². The Morgan fingerprint density at radius 1 is 1.48 bits per heavy atom. The molecule has 2 heterocycles. The van der Waals surface area contributed by atoms with Crippen LogP contribution >= 0.6 is 0 Å². The van der Waals surface area contributed by atoms with Crippen LogP contribution in [0, 0.1) is 15.9 Å². The fraction of sp³-hybridized carbons (Fsp3) is 0.143. The van der Waals surface area contributed by atoms with Gasteiger partial charge in [0.05, 0.1) is 11.5 Å². The van der Waals surface area contributed by atoms with E-state index >= 15 is 0 Å². The van der Waals surface area contributed by atoms with Gasteiger partial charge in [-0.3, -0.25) is 10.1 Å². The first-order valence-corrected chi connectivity index (χ1v) is 6.57. The molecule has 0 aliphatic carbocycles. The van der Waals surface area contributed by atoms with Gasteiger partial charge in [0.2, 0.25) is 5.82 Å². The van der Waals surface area contributed by atoms with Crippen molar-refractivity contribution >= 4 is 17.0 Å². The summed E-state index contributed by atoms with van der Waals surface area (Å²) in [7, 11) is 1.53. The van der Waals surface area contributed by atoms with Crippen molar-refractivity contribution in [1.29, 1.82) is 0 Å². The monoisotopic (exact) mass is 317 g/mol. The molecule has 0 saturated carbocycles. The summed E-state index contributed by atoms with van der Waals surface area (Å²) in [6, 6.07) is 3.67. The number of nitrogen functional groups attached to an aromatic ring is 1. The fourth-order valence-corrected chi connectivity index (χ4v) is 2.48. The maximum atomic E-state index is 14.0. The number of nitrogens with zero attached hydrogens (tertiary/aromatic N) is 4. The van der Waals surface area contributed by atoms with Crippen LogP contribution in [0.4, 0.5) is 15.9 Å². The van der Waals surface area contributed by atoms with E-state index in [4.69, 9.17) is 10.5 Å². The second-order valence-electron chi connectivity index (χ2n) is 4.82. The van der Waals surface area contributed by atoms with Crippen LogP contribution in [0.2, 0.25) is 0 Å². The van der Waals surface area contributed by atoms with Gasteiger partial charge in [0.25, 0.3) is 0 Å². The molecule has 8 nitrogen and oxygen atoms in total. The van der Waals surface area contributed by atoms with Gasteiger partial charge in [-0.25, -0.2) is 9.50 Å². The average Bonchev–Trinajstić information content (AvgIpc) is 2.86.